The van der Waals surface area contributed by atoms with Gasteiger partial charge in [-0.2, -0.15) is 0 Å². The first kappa shape index (κ1) is 16.2. The lowest BCUT2D eigenvalue weighted by atomic mass is 10.3. The van der Waals surface area contributed by atoms with E-state index in [9.17, 15) is 8.42 Å². The van der Waals surface area contributed by atoms with Crippen LogP contribution in [0.1, 0.15) is 29.5 Å². The maximum atomic E-state index is 12.5. The van der Waals surface area contributed by atoms with Crippen LogP contribution in [-0.2, 0) is 23.1 Å². The molecule has 0 atom stereocenters. The predicted molar refractivity (Wildman–Crippen MR) is 83.8 cm³/mol. The fourth-order valence-electron chi connectivity index (χ4n) is 2.00. The predicted octanol–water partition coefficient (Wildman–Crippen LogP) is 2.63. The van der Waals surface area contributed by atoms with Gasteiger partial charge in [0, 0.05) is 11.4 Å². The Balaban J connectivity index is 2.13. The second-order valence-corrected chi connectivity index (χ2v) is 7.42. The molecule has 116 valence electrons. The number of hydrogen-bond acceptors (Lipinski definition) is 5. The zero-order valence-corrected chi connectivity index (χ0v) is 13.8. The number of rotatable bonds is 8. The van der Waals surface area contributed by atoms with E-state index in [0.717, 1.165) is 23.4 Å². The summed E-state index contributed by atoms with van der Waals surface area (Å²) in [4.78, 5) is 1.23. The van der Waals surface area contributed by atoms with E-state index < -0.39 is 10.0 Å². The van der Waals surface area contributed by atoms with Crippen molar-refractivity contribution in [2.75, 3.05) is 6.54 Å². The molecule has 2 aromatic rings. The molecule has 2 heterocycles. The summed E-state index contributed by atoms with van der Waals surface area (Å²) in [7, 11) is -3.53. The molecule has 0 radical (unpaired) electrons. The second kappa shape index (κ2) is 7.22. The summed E-state index contributed by atoms with van der Waals surface area (Å²) < 4.78 is 32.7. The van der Waals surface area contributed by atoms with Gasteiger partial charge in [0.2, 0.25) is 10.0 Å². The summed E-state index contributed by atoms with van der Waals surface area (Å²) in [6.45, 7) is 5.50. The molecule has 0 aliphatic rings. The number of hydrogen-bond donors (Lipinski definition) is 2. The Morgan fingerprint density at radius 2 is 2.14 bits per heavy atom. The number of furan rings is 1. The van der Waals surface area contributed by atoms with Gasteiger partial charge in [0.1, 0.15) is 10.7 Å². The van der Waals surface area contributed by atoms with Crippen LogP contribution in [0.3, 0.4) is 0 Å². The molecule has 0 amide bonds. The van der Waals surface area contributed by atoms with Crippen LogP contribution in [0.4, 0.5) is 0 Å². The van der Waals surface area contributed by atoms with Crippen molar-refractivity contribution in [1.82, 2.24) is 10.0 Å². The van der Waals surface area contributed by atoms with Crippen LogP contribution in [0.25, 0.3) is 0 Å². The average Bonchev–Trinajstić information content (AvgIpc) is 3.07. The van der Waals surface area contributed by atoms with Crippen LogP contribution in [0.15, 0.2) is 33.1 Å². The molecule has 0 spiro atoms. The minimum absolute atomic E-state index is 0.159. The number of nitrogens with one attached hydrogen (secondary N) is 2. The van der Waals surface area contributed by atoms with Gasteiger partial charge in [0.15, 0.2) is 0 Å². The van der Waals surface area contributed by atoms with Gasteiger partial charge in [0.25, 0.3) is 0 Å². The smallest absolute Gasteiger partial charge is 0.242 e. The Labute approximate surface area is 129 Å². The van der Waals surface area contributed by atoms with E-state index in [1.807, 2.05) is 12.3 Å². The Hall–Kier alpha value is -1.15. The van der Waals surface area contributed by atoms with E-state index in [2.05, 4.69) is 17.0 Å². The number of aryl methyl sites for hydroxylation is 1. The first-order valence-corrected chi connectivity index (χ1v) is 9.20. The molecular weight excluding hydrogens is 308 g/mol. The molecule has 0 bridgehead atoms. The second-order valence-electron chi connectivity index (χ2n) is 4.75. The van der Waals surface area contributed by atoms with Crippen LogP contribution in [0, 0.1) is 6.92 Å². The molecule has 0 saturated heterocycles. The lowest BCUT2D eigenvalue weighted by Gasteiger charge is -2.09. The van der Waals surface area contributed by atoms with Gasteiger partial charge in [-0.25, -0.2) is 13.1 Å². The van der Waals surface area contributed by atoms with Gasteiger partial charge < -0.3 is 9.73 Å². The van der Waals surface area contributed by atoms with Crippen molar-refractivity contribution in [2.45, 2.75) is 38.3 Å². The quantitative estimate of drug-likeness (QED) is 0.731. The van der Waals surface area contributed by atoms with Gasteiger partial charge in [-0.05, 0) is 43.0 Å². The minimum Gasteiger partial charge on any atom is -0.468 e. The fourth-order valence-corrected chi connectivity index (χ4v) is 4.77. The zero-order chi connectivity index (χ0) is 15.3. The Morgan fingerprint density at radius 3 is 2.81 bits per heavy atom. The van der Waals surface area contributed by atoms with Gasteiger partial charge >= 0.3 is 0 Å². The highest BCUT2D eigenvalue weighted by molar-refractivity contribution is 7.89. The fraction of sp³-hybridized carbons (Fsp3) is 0.429. The van der Waals surface area contributed by atoms with Gasteiger partial charge in [0.05, 0.1) is 12.8 Å². The normalized spacial score (nSPS) is 11.9. The van der Waals surface area contributed by atoms with Crippen LogP contribution in [-0.4, -0.2) is 15.0 Å². The third-order valence-corrected chi connectivity index (χ3v) is 5.85. The number of sulfonamides is 1. The molecule has 2 rings (SSSR count). The molecule has 0 aliphatic heterocycles. The molecule has 2 N–H and O–H groups in total. The van der Waals surface area contributed by atoms with Gasteiger partial charge in [-0.15, -0.1) is 11.3 Å². The van der Waals surface area contributed by atoms with Crippen molar-refractivity contribution in [2.24, 2.45) is 0 Å². The van der Waals surface area contributed by atoms with Crippen LogP contribution >= 0.6 is 11.3 Å². The molecule has 0 saturated carbocycles. The third kappa shape index (κ3) is 4.16. The first-order chi connectivity index (χ1) is 10.0. The lowest BCUT2D eigenvalue weighted by molar-refractivity contribution is 0.498. The summed E-state index contributed by atoms with van der Waals surface area (Å²) in [5.41, 5.74) is 0.778. The van der Waals surface area contributed by atoms with Crippen molar-refractivity contribution in [3.63, 3.8) is 0 Å². The topological polar surface area (TPSA) is 71.3 Å². The highest BCUT2D eigenvalue weighted by atomic mass is 32.2. The summed E-state index contributed by atoms with van der Waals surface area (Å²) in [5, 5.41) is 5.13. The average molecular weight is 328 g/mol. The molecule has 0 aliphatic carbocycles. The van der Waals surface area contributed by atoms with Crippen LogP contribution in [0.2, 0.25) is 0 Å². The summed E-state index contributed by atoms with van der Waals surface area (Å²) in [6, 6.07) is 3.48. The molecule has 21 heavy (non-hydrogen) atoms. The highest BCUT2D eigenvalue weighted by Gasteiger charge is 2.22. The van der Waals surface area contributed by atoms with E-state index in [1.165, 1.54) is 17.6 Å². The maximum absolute atomic E-state index is 12.5. The lowest BCUT2D eigenvalue weighted by Crippen LogP contribution is -2.25. The maximum Gasteiger partial charge on any atom is 0.242 e. The molecule has 0 aromatic carbocycles. The van der Waals surface area contributed by atoms with E-state index in [4.69, 9.17) is 4.42 Å². The molecular formula is C14H20N2O3S2. The standard InChI is InChI=1S/C14H20N2O3S2/c1-3-6-15-9-13-14(11(2)10-20-13)21(17,18)16-8-12-5-4-7-19-12/h4-5,7,10,15-16H,3,6,8-9H2,1-2H3. The van der Waals surface area contributed by atoms with Crippen LogP contribution < -0.4 is 10.0 Å². The molecule has 0 unspecified atom stereocenters. The SMILES string of the molecule is CCCNCc1scc(C)c1S(=O)(=O)NCc1ccco1. The monoisotopic (exact) mass is 328 g/mol. The van der Waals surface area contributed by atoms with Crippen molar-refractivity contribution < 1.29 is 12.8 Å². The van der Waals surface area contributed by atoms with Crippen LogP contribution in [0.5, 0.6) is 0 Å². The van der Waals surface area contributed by atoms with Gasteiger partial charge in [-0.3, -0.25) is 0 Å². The van der Waals surface area contributed by atoms with Crippen molar-refractivity contribution in [3.8, 4) is 0 Å². The molecule has 7 heteroatoms. The van der Waals surface area contributed by atoms with E-state index in [-0.39, 0.29) is 6.54 Å². The van der Waals surface area contributed by atoms with E-state index >= 15 is 0 Å². The summed E-state index contributed by atoms with van der Waals surface area (Å²) in [6.07, 6.45) is 2.54. The highest BCUT2D eigenvalue weighted by Crippen LogP contribution is 2.26. The van der Waals surface area contributed by atoms with E-state index in [0.29, 0.717) is 17.2 Å². The number of thiophene rings is 1. The summed E-state index contributed by atoms with van der Waals surface area (Å²) >= 11 is 1.47. The Bertz CT molecular complexity index is 660. The summed E-state index contributed by atoms with van der Waals surface area (Å²) in [5.74, 6) is 0.595. The molecule has 5 nitrogen and oxygen atoms in total. The minimum atomic E-state index is -3.53. The zero-order valence-electron chi connectivity index (χ0n) is 12.2. The van der Waals surface area contributed by atoms with E-state index in [1.54, 1.807) is 12.1 Å². The van der Waals surface area contributed by atoms with Crippen molar-refractivity contribution in [3.05, 3.63) is 40.0 Å². The molecule has 0 fully saturated rings. The van der Waals surface area contributed by atoms with Crippen molar-refractivity contribution >= 4 is 21.4 Å². The molecule has 2 aromatic heterocycles. The Kier molecular flexibility index (Phi) is 5.58. The third-order valence-electron chi connectivity index (χ3n) is 2.99. The largest absolute Gasteiger partial charge is 0.468 e. The van der Waals surface area contributed by atoms with Crippen molar-refractivity contribution in [1.29, 1.82) is 0 Å². The Morgan fingerprint density at radius 1 is 1.33 bits per heavy atom. The first-order valence-electron chi connectivity index (χ1n) is 6.84. The van der Waals surface area contributed by atoms with Gasteiger partial charge in [-0.1, -0.05) is 6.92 Å².